The van der Waals surface area contributed by atoms with Gasteiger partial charge in [0.25, 0.3) is 5.91 Å². The molecule has 1 heterocycles. The molecule has 0 spiro atoms. The summed E-state index contributed by atoms with van der Waals surface area (Å²) in [5, 5.41) is 7.00. The van der Waals surface area contributed by atoms with Gasteiger partial charge in [-0.05, 0) is 43.3 Å². The number of aromatic amines is 1. The van der Waals surface area contributed by atoms with Gasteiger partial charge in [-0.15, -0.1) is 0 Å². The SMILES string of the molecule is CNCCC(c1ccccc1)c1c[nH]c2cccc(C(=O)NC)c12. The van der Waals surface area contributed by atoms with E-state index >= 15 is 0 Å². The van der Waals surface area contributed by atoms with Gasteiger partial charge in [-0.2, -0.15) is 0 Å². The topological polar surface area (TPSA) is 56.9 Å². The second-order valence-electron chi connectivity index (χ2n) is 5.91. The molecule has 0 saturated heterocycles. The minimum atomic E-state index is -0.0538. The van der Waals surface area contributed by atoms with E-state index in [-0.39, 0.29) is 11.8 Å². The number of rotatable bonds is 6. The van der Waals surface area contributed by atoms with Gasteiger partial charge in [0.2, 0.25) is 0 Å². The van der Waals surface area contributed by atoms with E-state index in [1.54, 1.807) is 7.05 Å². The Kier molecular flexibility index (Phi) is 4.96. The molecule has 0 aliphatic rings. The summed E-state index contributed by atoms with van der Waals surface area (Å²) in [6.45, 7) is 0.911. The average Bonchev–Trinajstić information content (AvgIpc) is 3.06. The van der Waals surface area contributed by atoms with E-state index in [0.717, 1.165) is 29.4 Å². The molecular weight excluding hydrogens is 298 g/mol. The van der Waals surface area contributed by atoms with E-state index in [0.29, 0.717) is 0 Å². The Morgan fingerprint density at radius 1 is 1.08 bits per heavy atom. The van der Waals surface area contributed by atoms with Crippen molar-refractivity contribution in [3.8, 4) is 0 Å². The molecular formula is C20H23N3O. The molecule has 3 aromatic rings. The van der Waals surface area contributed by atoms with Gasteiger partial charge < -0.3 is 15.6 Å². The van der Waals surface area contributed by atoms with Crippen molar-refractivity contribution in [1.82, 2.24) is 15.6 Å². The highest BCUT2D eigenvalue weighted by Crippen LogP contribution is 2.34. The smallest absolute Gasteiger partial charge is 0.251 e. The van der Waals surface area contributed by atoms with Crippen LogP contribution < -0.4 is 10.6 Å². The highest BCUT2D eigenvalue weighted by molar-refractivity contribution is 6.07. The predicted molar refractivity (Wildman–Crippen MR) is 98.5 cm³/mol. The van der Waals surface area contributed by atoms with Crippen molar-refractivity contribution in [3.63, 3.8) is 0 Å². The van der Waals surface area contributed by atoms with Crippen LogP contribution in [0.4, 0.5) is 0 Å². The summed E-state index contributed by atoms with van der Waals surface area (Å²) < 4.78 is 0. The first-order chi connectivity index (χ1) is 11.8. The van der Waals surface area contributed by atoms with Crippen LogP contribution in [0.15, 0.2) is 54.7 Å². The first-order valence-corrected chi connectivity index (χ1v) is 8.28. The Hall–Kier alpha value is -2.59. The minimum Gasteiger partial charge on any atom is -0.361 e. The number of aromatic nitrogens is 1. The lowest BCUT2D eigenvalue weighted by atomic mass is 9.87. The number of hydrogen-bond acceptors (Lipinski definition) is 2. The fourth-order valence-electron chi connectivity index (χ4n) is 3.29. The summed E-state index contributed by atoms with van der Waals surface area (Å²) in [7, 11) is 3.64. The molecule has 2 aromatic carbocycles. The van der Waals surface area contributed by atoms with Gasteiger partial charge in [0, 0.05) is 35.6 Å². The quantitative estimate of drug-likeness (QED) is 0.652. The normalized spacial score (nSPS) is 12.2. The number of fused-ring (bicyclic) bond motifs is 1. The van der Waals surface area contributed by atoms with Crippen molar-refractivity contribution in [2.75, 3.05) is 20.6 Å². The molecule has 1 aromatic heterocycles. The molecule has 1 atom stereocenters. The molecule has 0 aliphatic heterocycles. The third-order valence-electron chi connectivity index (χ3n) is 4.47. The number of nitrogens with one attached hydrogen (secondary N) is 3. The van der Waals surface area contributed by atoms with Crippen molar-refractivity contribution in [1.29, 1.82) is 0 Å². The van der Waals surface area contributed by atoms with E-state index in [1.807, 2.05) is 37.5 Å². The Balaban J connectivity index is 2.16. The van der Waals surface area contributed by atoms with Crippen LogP contribution in [0.2, 0.25) is 0 Å². The molecule has 4 heteroatoms. The summed E-state index contributed by atoms with van der Waals surface area (Å²) in [5.74, 6) is 0.181. The van der Waals surface area contributed by atoms with Crippen LogP contribution in [-0.2, 0) is 0 Å². The van der Waals surface area contributed by atoms with Crippen LogP contribution in [0.3, 0.4) is 0 Å². The molecule has 4 nitrogen and oxygen atoms in total. The maximum absolute atomic E-state index is 12.3. The summed E-state index contributed by atoms with van der Waals surface area (Å²) >= 11 is 0. The van der Waals surface area contributed by atoms with Crippen molar-refractivity contribution in [2.24, 2.45) is 0 Å². The molecule has 0 radical (unpaired) electrons. The molecule has 1 amide bonds. The maximum Gasteiger partial charge on any atom is 0.251 e. The lowest BCUT2D eigenvalue weighted by Gasteiger charge is -2.18. The van der Waals surface area contributed by atoms with Gasteiger partial charge in [0.05, 0.1) is 0 Å². The zero-order chi connectivity index (χ0) is 16.9. The number of carbonyl (C=O) groups excluding carboxylic acids is 1. The monoisotopic (exact) mass is 321 g/mol. The number of H-pyrrole nitrogens is 1. The van der Waals surface area contributed by atoms with E-state index in [4.69, 9.17) is 0 Å². The third-order valence-corrected chi connectivity index (χ3v) is 4.47. The first-order valence-electron chi connectivity index (χ1n) is 8.28. The number of benzene rings is 2. The molecule has 1 unspecified atom stereocenters. The molecule has 0 bridgehead atoms. The molecule has 3 rings (SSSR count). The second-order valence-corrected chi connectivity index (χ2v) is 5.91. The van der Waals surface area contributed by atoms with Crippen molar-refractivity contribution < 1.29 is 4.79 Å². The average molecular weight is 321 g/mol. The fraction of sp³-hybridized carbons (Fsp3) is 0.250. The van der Waals surface area contributed by atoms with Gasteiger partial charge in [0.15, 0.2) is 0 Å². The minimum absolute atomic E-state index is 0.0538. The molecule has 124 valence electrons. The second kappa shape index (κ2) is 7.32. The number of hydrogen-bond donors (Lipinski definition) is 3. The molecule has 3 N–H and O–H groups in total. The largest absolute Gasteiger partial charge is 0.361 e. The molecule has 24 heavy (non-hydrogen) atoms. The van der Waals surface area contributed by atoms with E-state index < -0.39 is 0 Å². The maximum atomic E-state index is 12.3. The predicted octanol–water partition coefficient (Wildman–Crippen LogP) is 3.27. The lowest BCUT2D eigenvalue weighted by molar-refractivity contribution is 0.0964. The Bertz CT molecular complexity index is 823. The van der Waals surface area contributed by atoms with Crippen molar-refractivity contribution >= 4 is 16.8 Å². The Labute approximate surface area is 142 Å². The lowest BCUT2D eigenvalue weighted by Crippen LogP contribution is -2.18. The number of amides is 1. The summed E-state index contributed by atoms with van der Waals surface area (Å²) in [4.78, 5) is 15.6. The first kappa shape index (κ1) is 16.3. The van der Waals surface area contributed by atoms with Crippen molar-refractivity contribution in [3.05, 3.63) is 71.4 Å². The van der Waals surface area contributed by atoms with Crippen LogP contribution in [-0.4, -0.2) is 31.5 Å². The van der Waals surface area contributed by atoms with Crippen LogP contribution in [0.25, 0.3) is 10.9 Å². The van der Waals surface area contributed by atoms with Crippen LogP contribution >= 0.6 is 0 Å². The summed E-state index contributed by atoms with van der Waals surface area (Å²) in [6.07, 6.45) is 3.01. The van der Waals surface area contributed by atoms with Crippen molar-refractivity contribution in [2.45, 2.75) is 12.3 Å². The summed E-state index contributed by atoms with van der Waals surface area (Å²) in [5.41, 5.74) is 4.15. The van der Waals surface area contributed by atoms with Gasteiger partial charge in [-0.3, -0.25) is 4.79 Å². The summed E-state index contributed by atoms with van der Waals surface area (Å²) in [6, 6.07) is 16.3. The van der Waals surface area contributed by atoms with Crippen LogP contribution in [0.1, 0.15) is 33.8 Å². The fourth-order valence-corrected chi connectivity index (χ4v) is 3.29. The standard InChI is InChI=1S/C20H23N3O/c1-21-12-11-15(14-7-4-3-5-8-14)17-13-23-18-10-6-9-16(19(17)18)20(24)22-2/h3-10,13,15,21,23H,11-12H2,1-2H3,(H,22,24). The van der Waals surface area contributed by atoms with Crippen LogP contribution in [0.5, 0.6) is 0 Å². The van der Waals surface area contributed by atoms with Gasteiger partial charge >= 0.3 is 0 Å². The zero-order valence-corrected chi connectivity index (χ0v) is 14.1. The van der Waals surface area contributed by atoms with E-state index in [2.05, 4.69) is 39.9 Å². The van der Waals surface area contributed by atoms with Crippen LogP contribution in [0, 0.1) is 0 Å². The third kappa shape index (κ3) is 3.05. The zero-order valence-electron chi connectivity index (χ0n) is 14.1. The molecule has 0 saturated carbocycles. The van der Waals surface area contributed by atoms with E-state index in [1.165, 1.54) is 11.1 Å². The highest BCUT2D eigenvalue weighted by Gasteiger charge is 2.21. The van der Waals surface area contributed by atoms with Gasteiger partial charge in [0.1, 0.15) is 0 Å². The molecule has 0 aliphatic carbocycles. The molecule has 0 fully saturated rings. The van der Waals surface area contributed by atoms with E-state index in [9.17, 15) is 4.79 Å². The number of carbonyl (C=O) groups is 1. The Morgan fingerprint density at radius 2 is 1.88 bits per heavy atom. The Morgan fingerprint density at radius 3 is 2.58 bits per heavy atom. The highest BCUT2D eigenvalue weighted by atomic mass is 16.1. The van der Waals surface area contributed by atoms with Gasteiger partial charge in [-0.1, -0.05) is 36.4 Å². The van der Waals surface area contributed by atoms with Gasteiger partial charge in [-0.25, -0.2) is 0 Å².